The number of ether oxygens (including phenoxy) is 1. The Balaban J connectivity index is 1.84. The van der Waals surface area contributed by atoms with E-state index in [0.717, 1.165) is 37.9 Å². The second-order valence-corrected chi connectivity index (χ2v) is 8.30. The molecule has 26 heavy (non-hydrogen) atoms. The molecule has 1 saturated carbocycles. The largest absolute Gasteiger partial charge is 0.443 e. The zero-order valence-corrected chi connectivity index (χ0v) is 17.2. The van der Waals surface area contributed by atoms with Crippen LogP contribution in [-0.4, -0.2) is 37.7 Å². The van der Waals surface area contributed by atoms with Gasteiger partial charge in [-0.25, -0.2) is 4.98 Å². The van der Waals surface area contributed by atoms with Crippen LogP contribution in [0.1, 0.15) is 71.5 Å². The summed E-state index contributed by atoms with van der Waals surface area (Å²) in [6.07, 6.45) is 8.07. The predicted molar refractivity (Wildman–Crippen MR) is 105 cm³/mol. The molecule has 2 N–H and O–H groups in total. The molecule has 6 nitrogen and oxygen atoms in total. The second kappa shape index (κ2) is 9.40. The summed E-state index contributed by atoms with van der Waals surface area (Å²) in [5.74, 6) is 2.38. The topological polar surface area (TPSA) is 71.7 Å². The fourth-order valence-corrected chi connectivity index (χ4v) is 3.46. The Morgan fingerprint density at radius 1 is 1.31 bits per heavy atom. The fourth-order valence-electron chi connectivity index (χ4n) is 3.46. The Kier molecular flexibility index (Phi) is 7.50. The van der Waals surface area contributed by atoms with Crippen molar-refractivity contribution in [3.8, 4) is 0 Å². The highest BCUT2D eigenvalue weighted by atomic mass is 16.5. The van der Waals surface area contributed by atoms with Gasteiger partial charge >= 0.3 is 0 Å². The Hall–Kier alpha value is -1.56. The van der Waals surface area contributed by atoms with Crippen molar-refractivity contribution >= 4 is 5.96 Å². The van der Waals surface area contributed by atoms with Gasteiger partial charge in [0.1, 0.15) is 5.76 Å². The first-order chi connectivity index (χ1) is 12.4. The Morgan fingerprint density at radius 3 is 2.62 bits per heavy atom. The zero-order valence-electron chi connectivity index (χ0n) is 17.2. The molecule has 1 fully saturated rings. The molecule has 1 aliphatic carbocycles. The quantitative estimate of drug-likeness (QED) is 0.419. The maximum absolute atomic E-state index is 5.83. The number of hydrogen-bond acceptors (Lipinski definition) is 4. The SMILES string of the molecule is CCOCCC1(CNC(=NC)NCc2ncc(C(C)(C)C)o2)CCCC1. The van der Waals surface area contributed by atoms with Crippen LogP contribution in [0.4, 0.5) is 0 Å². The zero-order chi connectivity index (χ0) is 19.0. The highest BCUT2D eigenvalue weighted by Gasteiger charge is 2.33. The van der Waals surface area contributed by atoms with Gasteiger partial charge in [-0.1, -0.05) is 33.6 Å². The normalized spacial score (nSPS) is 17.5. The second-order valence-electron chi connectivity index (χ2n) is 8.30. The summed E-state index contributed by atoms with van der Waals surface area (Å²) in [6, 6.07) is 0. The van der Waals surface area contributed by atoms with E-state index in [0.29, 0.717) is 17.9 Å². The lowest BCUT2D eigenvalue weighted by Crippen LogP contribution is -2.43. The molecule has 0 saturated heterocycles. The predicted octanol–water partition coefficient (Wildman–Crippen LogP) is 3.62. The molecule has 0 bridgehead atoms. The first kappa shape index (κ1) is 20.7. The summed E-state index contributed by atoms with van der Waals surface area (Å²) in [6.45, 7) is 11.5. The number of hydrogen-bond donors (Lipinski definition) is 2. The maximum Gasteiger partial charge on any atom is 0.213 e. The smallest absolute Gasteiger partial charge is 0.213 e. The molecule has 6 heteroatoms. The minimum Gasteiger partial charge on any atom is -0.443 e. The van der Waals surface area contributed by atoms with E-state index in [2.05, 4.69) is 48.3 Å². The van der Waals surface area contributed by atoms with Crippen LogP contribution < -0.4 is 10.6 Å². The number of rotatable bonds is 8. The lowest BCUT2D eigenvalue weighted by Gasteiger charge is -2.30. The van der Waals surface area contributed by atoms with Gasteiger partial charge in [0.25, 0.3) is 0 Å². The molecule has 0 spiro atoms. The van der Waals surface area contributed by atoms with E-state index in [1.807, 2.05) is 6.20 Å². The van der Waals surface area contributed by atoms with Crippen LogP contribution in [0.2, 0.25) is 0 Å². The summed E-state index contributed by atoms with van der Waals surface area (Å²) in [7, 11) is 1.80. The fraction of sp³-hybridized carbons (Fsp3) is 0.800. The van der Waals surface area contributed by atoms with E-state index in [4.69, 9.17) is 9.15 Å². The minimum absolute atomic E-state index is 0.0272. The summed E-state index contributed by atoms with van der Waals surface area (Å²) >= 11 is 0. The molecule has 1 aromatic rings. The van der Waals surface area contributed by atoms with Crippen molar-refractivity contribution in [1.82, 2.24) is 15.6 Å². The van der Waals surface area contributed by atoms with Crippen molar-refractivity contribution in [3.05, 3.63) is 17.8 Å². The van der Waals surface area contributed by atoms with E-state index in [9.17, 15) is 0 Å². The maximum atomic E-state index is 5.83. The van der Waals surface area contributed by atoms with Crippen LogP contribution in [-0.2, 0) is 16.7 Å². The average molecular weight is 365 g/mol. The number of aliphatic imine (C=N–C) groups is 1. The van der Waals surface area contributed by atoms with Gasteiger partial charge in [-0.05, 0) is 31.6 Å². The van der Waals surface area contributed by atoms with Crippen molar-refractivity contribution in [3.63, 3.8) is 0 Å². The van der Waals surface area contributed by atoms with Gasteiger partial charge in [-0.3, -0.25) is 4.99 Å². The van der Waals surface area contributed by atoms with Gasteiger partial charge in [-0.2, -0.15) is 0 Å². The third kappa shape index (κ3) is 6.01. The molecule has 2 rings (SSSR count). The first-order valence-corrected chi connectivity index (χ1v) is 9.86. The van der Waals surface area contributed by atoms with Crippen LogP contribution in [0.5, 0.6) is 0 Å². The molecule has 1 aliphatic rings. The number of oxazole rings is 1. The highest BCUT2D eigenvalue weighted by molar-refractivity contribution is 5.79. The van der Waals surface area contributed by atoms with Crippen molar-refractivity contribution in [2.75, 3.05) is 26.8 Å². The molecule has 1 aromatic heterocycles. The Bertz CT molecular complexity index is 569. The third-order valence-corrected chi connectivity index (χ3v) is 5.20. The number of aromatic nitrogens is 1. The van der Waals surface area contributed by atoms with Crippen molar-refractivity contribution in [2.24, 2.45) is 10.4 Å². The van der Waals surface area contributed by atoms with Crippen molar-refractivity contribution in [1.29, 1.82) is 0 Å². The summed E-state index contributed by atoms with van der Waals surface area (Å²) < 4.78 is 11.4. The van der Waals surface area contributed by atoms with Crippen LogP contribution in [0, 0.1) is 5.41 Å². The van der Waals surface area contributed by atoms with Crippen LogP contribution in [0.25, 0.3) is 0 Å². The van der Waals surface area contributed by atoms with E-state index in [-0.39, 0.29) is 5.41 Å². The third-order valence-electron chi connectivity index (χ3n) is 5.20. The van der Waals surface area contributed by atoms with Gasteiger partial charge in [0.05, 0.1) is 12.7 Å². The van der Waals surface area contributed by atoms with Crippen LogP contribution >= 0.6 is 0 Å². The van der Waals surface area contributed by atoms with Crippen LogP contribution in [0.3, 0.4) is 0 Å². The molecule has 0 amide bonds. The van der Waals surface area contributed by atoms with Crippen molar-refractivity contribution < 1.29 is 9.15 Å². The lowest BCUT2D eigenvalue weighted by atomic mass is 9.83. The molecule has 0 aromatic carbocycles. The van der Waals surface area contributed by atoms with E-state index < -0.39 is 0 Å². The minimum atomic E-state index is -0.0272. The molecule has 0 atom stereocenters. The van der Waals surface area contributed by atoms with Gasteiger partial charge in [0.2, 0.25) is 5.89 Å². The molecular formula is C20H36N4O2. The Labute approximate surface area is 158 Å². The van der Waals surface area contributed by atoms with Gasteiger partial charge in [0, 0.05) is 32.2 Å². The van der Waals surface area contributed by atoms with Gasteiger partial charge in [0.15, 0.2) is 5.96 Å². The summed E-state index contributed by atoms with van der Waals surface area (Å²) in [5.41, 5.74) is 0.301. The van der Waals surface area contributed by atoms with Gasteiger partial charge < -0.3 is 19.8 Å². The van der Waals surface area contributed by atoms with E-state index in [1.54, 1.807) is 7.05 Å². The first-order valence-electron chi connectivity index (χ1n) is 9.86. The van der Waals surface area contributed by atoms with E-state index in [1.165, 1.54) is 25.7 Å². The van der Waals surface area contributed by atoms with Crippen LogP contribution in [0.15, 0.2) is 15.6 Å². The number of nitrogens with zero attached hydrogens (tertiary/aromatic N) is 2. The van der Waals surface area contributed by atoms with E-state index >= 15 is 0 Å². The van der Waals surface area contributed by atoms with Crippen molar-refractivity contribution in [2.45, 2.75) is 71.8 Å². The summed E-state index contributed by atoms with van der Waals surface area (Å²) in [4.78, 5) is 8.70. The number of guanidine groups is 1. The molecule has 1 heterocycles. The Morgan fingerprint density at radius 2 is 2.04 bits per heavy atom. The molecule has 0 unspecified atom stereocenters. The number of nitrogens with one attached hydrogen (secondary N) is 2. The highest BCUT2D eigenvalue weighted by Crippen LogP contribution is 2.40. The average Bonchev–Trinajstić information content (AvgIpc) is 3.25. The molecule has 0 radical (unpaired) electrons. The monoisotopic (exact) mass is 364 g/mol. The molecular weight excluding hydrogens is 328 g/mol. The lowest BCUT2D eigenvalue weighted by molar-refractivity contribution is 0.105. The molecule has 0 aliphatic heterocycles. The van der Waals surface area contributed by atoms with Gasteiger partial charge in [-0.15, -0.1) is 0 Å². The molecule has 148 valence electrons. The standard InChI is InChI=1S/C20H36N4O2/c1-6-25-12-11-20(9-7-8-10-20)15-24-18(21-5)23-14-17-22-13-16(26-17)19(2,3)4/h13H,6-12,14-15H2,1-5H3,(H2,21,23,24). The summed E-state index contributed by atoms with van der Waals surface area (Å²) in [5, 5.41) is 6.81.